The van der Waals surface area contributed by atoms with Crippen molar-refractivity contribution in [3.63, 3.8) is 0 Å². The van der Waals surface area contributed by atoms with Crippen molar-refractivity contribution in [1.82, 2.24) is 25.9 Å². The Hall–Kier alpha value is -4.52. The first-order valence-electron chi connectivity index (χ1n) is 12.6. The van der Waals surface area contributed by atoms with Crippen LogP contribution < -0.4 is 15.4 Å². The van der Waals surface area contributed by atoms with Gasteiger partial charge in [-0.15, -0.1) is 5.10 Å². The fourth-order valence-corrected chi connectivity index (χ4v) is 4.18. The molecule has 3 heterocycles. The molecule has 1 fully saturated rings. The number of aromatic nitrogens is 2. The van der Waals surface area contributed by atoms with Gasteiger partial charge in [0.2, 0.25) is 0 Å². The van der Waals surface area contributed by atoms with Crippen molar-refractivity contribution in [3.8, 4) is 11.1 Å². The zero-order valence-electron chi connectivity index (χ0n) is 21.8. The van der Waals surface area contributed by atoms with Crippen LogP contribution in [0.1, 0.15) is 12.5 Å². The first-order valence-corrected chi connectivity index (χ1v) is 12.6. The van der Waals surface area contributed by atoms with E-state index < -0.39 is 0 Å². The second kappa shape index (κ2) is 12.3. The molecule has 0 radical (unpaired) electrons. The Morgan fingerprint density at radius 3 is 2.72 bits per heavy atom. The number of morpholine rings is 1. The molecule has 202 valence electrons. The smallest absolute Gasteiger partial charge is 0.330 e. The van der Waals surface area contributed by atoms with Crippen LogP contribution in [0.5, 0.6) is 0 Å². The normalized spacial score (nSPS) is 15.3. The Kier molecular flexibility index (Phi) is 8.26. The van der Waals surface area contributed by atoms with Crippen LogP contribution in [-0.2, 0) is 19.1 Å². The van der Waals surface area contributed by atoms with E-state index in [0.29, 0.717) is 38.9 Å². The maximum absolute atomic E-state index is 11.8. The summed E-state index contributed by atoms with van der Waals surface area (Å²) in [5.41, 5.74) is 6.48. The molecule has 3 aromatic rings. The van der Waals surface area contributed by atoms with Crippen molar-refractivity contribution < 1.29 is 19.1 Å². The number of hydrazine groups is 3. The molecule has 2 aliphatic rings. The van der Waals surface area contributed by atoms with E-state index in [9.17, 15) is 4.79 Å². The van der Waals surface area contributed by atoms with Crippen molar-refractivity contribution in [2.24, 2.45) is 5.10 Å². The van der Waals surface area contributed by atoms with Crippen molar-refractivity contribution >= 4 is 35.8 Å². The molecule has 39 heavy (non-hydrogen) atoms. The molecule has 0 unspecified atom stereocenters. The predicted octanol–water partition coefficient (Wildman–Crippen LogP) is 3.15. The topological polar surface area (TPSA) is 108 Å². The molecule has 12 nitrogen and oxygen atoms in total. The Bertz CT molecular complexity index is 1330. The average molecular weight is 531 g/mol. The lowest BCUT2D eigenvalue weighted by molar-refractivity contribution is -0.188. The largest absolute Gasteiger partial charge is 0.463 e. The fourth-order valence-electron chi connectivity index (χ4n) is 4.18. The number of hydrazone groups is 1. The summed E-state index contributed by atoms with van der Waals surface area (Å²) >= 11 is 0. The lowest BCUT2D eigenvalue weighted by Crippen LogP contribution is -2.49. The van der Waals surface area contributed by atoms with E-state index in [0.717, 1.165) is 28.2 Å². The van der Waals surface area contributed by atoms with Gasteiger partial charge in [-0.05, 0) is 42.3 Å². The number of nitrogens with one attached hydrogen (secondary N) is 1. The number of hydrogen-bond acceptors (Lipinski definition) is 12. The molecule has 0 bridgehead atoms. The number of para-hydroxylation sites is 1. The predicted molar refractivity (Wildman–Crippen MR) is 147 cm³/mol. The molecule has 1 aromatic heterocycles. The zero-order valence-corrected chi connectivity index (χ0v) is 21.8. The first-order chi connectivity index (χ1) is 19.2. The highest BCUT2D eigenvalue weighted by Gasteiger charge is 2.27. The summed E-state index contributed by atoms with van der Waals surface area (Å²) in [7, 11) is 1.51. The highest BCUT2D eigenvalue weighted by atomic mass is 16.7. The monoisotopic (exact) mass is 530 g/mol. The molecule has 1 saturated heterocycles. The van der Waals surface area contributed by atoms with Gasteiger partial charge in [0.1, 0.15) is 5.82 Å². The van der Waals surface area contributed by atoms with Crippen LogP contribution in [0.25, 0.3) is 17.2 Å². The van der Waals surface area contributed by atoms with E-state index in [4.69, 9.17) is 24.3 Å². The van der Waals surface area contributed by atoms with Crippen LogP contribution in [-0.4, -0.2) is 72.7 Å². The number of ether oxygens (including phenoxy) is 2. The molecule has 0 saturated carbocycles. The highest BCUT2D eigenvalue weighted by molar-refractivity contribution is 5.87. The number of benzene rings is 2. The third kappa shape index (κ3) is 6.14. The number of hydrogen-bond donors (Lipinski definition) is 1. The molecular weight excluding hydrogens is 500 g/mol. The van der Waals surface area contributed by atoms with Gasteiger partial charge >= 0.3 is 5.97 Å². The van der Waals surface area contributed by atoms with E-state index in [-0.39, 0.29) is 5.97 Å². The Labute approximate surface area is 226 Å². The van der Waals surface area contributed by atoms with Crippen LogP contribution >= 0.6 is 0 Å². The second-order valence-electron chi connectivity index (χ2n) is 8.50. The van der Waals surface area contributed by atoms with Crippen molar-refractivity contribution in [2.75, 3.05) is 49.9 Å². The minimum absolute atomic E-state index is 0.331. The standard InChI is InChI=1S/C27H30N8O4/c1-3-39-25(36)13-12-21-8-7-9-22(18-21)24-19-28-27(30-26(24)32-14-16-38-17-15-32)34(23-10-5-4-6-11-23)33-20-29-35(31-33)37-2/h4-13,18-20,31H,3,14-17H2,1-2H3. The third-order valence-electron chi connectivity index (χ3n) is 6.00. The Morgan fingerprint density at radius 2 is 1.97 bits per heavy atom. The van der Waals surface area contributed by atoms with Crippen LogP contribution in [0, 0.1) is 0 Å². The summed E-state index contributed by atoms with van der Waals surface area (Å²) in [6, 6.07) is 17.6. The van der Waals surface area contributed by atoms with Gasteiger partial charge in [0, 0.05) is 30.9 Å². The van der Waals surface area contributed by atoms with Gasteiger partial charge in [-0.3, -0.25) is 0 Å². The number of carbonyl (C=O) groups excluding carboxylic acids is 1. The minimum atomic E-state index is -0.378. The van der Waals surface area contributed by atoms with Gasteiger partial charge in [-0.1, -0.05) is 47.2 Å². The summed E-state index contributed by atoms with van der Waals surface area (Å²) in [4.78, 5) is 29.0. The van der Waals surface area contributed by atoms with Gasteiger partial charge in [0.25, 0.3) is 5.95 Å². The summed E-state index contributed by atoms with van der Waals surface area (Å²) in [5, 5.41) is 8.84. The number of carbonyl (C=O) groups is 1. The van der Waals surface area contributed by atoms with Crippen LogP contribution in [0.3, 0.4) is 0 Å². The van der Waals surface area contributed by atoms with E-state index in [2.05, 4.69) is 15.5 Å². The van der Waals surface area contributed by atoms with Crippen LogP contribution in [0.2, 0.25) is 0 Å². The second-order valence-corrected chi connectivity index (χ2v) is 8.50. The van der Waals surface area contributed by atoms with E-state index in [1.54, 1.807) is 29.5 Å². The fraction of sp³-hybridized carbons (Fsp3) is 0.259. The van der Waals surface area contributed by atoms with Gasteiger partial charge in [0.05, 0.1) is 32.6 Å². The molecule has 12 heteroatoms. The number of esters is 1. The van der Waals surface area contributed by atoms with E-state index in [1.807, 2.05) is 60.8 Å². The molecule has 0 atom stereocenters. The van der Waals surface area contributed by atoms with Crippen LogP contribution in [0.4, 0.5) is 17.5 Å². The van der Waals surface area contributed by atoms with E-state index >= 15 is 0 Å². The van der Waals surface area contributed by atoms with Gasteiger partial charge in [-0.25, -0.2) is 19.6 Å². The maximum atomic E-state index is 11.8. The minimum Gasteiger partial charge on any atom is -0.463 e. The molecule has 0 spiro atoms. The van der Waals surface area contributed by atoms with E-state index in [1.165, 1.54) is 18.5 Å². The average Bonchev–Trinajstić information content (AvgIpc) is 3.46. The molecule has 5 rings (SSSR count). The highest BCUT2D eigenvalue weighted by Crippen LogP contribution is 2.33. The van der Waals surface area contributed by atoms with Crippen molar-refractivity contribution in [3.05, 3.63) is 72.4 Å². The quantitative estimate of drug-likeness (QED) is 0.326. The molecule has 0 aliphatic carbocycles. The summed E-state index contributed by atoms with van der Waals surface area (Å²) in [6.45, 7) is 4.70. The number of rotatable bonds is 9. The lowest BCUT2D eigenvalue weighted by atomic mass is 10.0. The summed E-state index contributed by atoms with van der Waals surface area (Å²) in [6.07, 6.45) is 6.55. The van der Waals surface area contributed by atoms with Crippen molar-refractivity contribution in [1.29, 1.82) is 0 Å². The zero-order chi connectivity index (χ0) is 27.0. The summed E-state index contributed by atoms with van der Waals surface area (Å²) in [5.74, 6) is 0.828. The van der Waals surface area contributed by atoms with Gasteiger partial charge in [0.15, 0.2) is 6.34 Å². The van der Waals surface area contributed by atoms with Gasteiger partial charge < -0.3 is 14.4 Å². The first kappa shape index (κ1) is 26.1. The van der Waals surface area contributed by atoms with Crippen LogP contribution in [0.15, 0.2) is 72.0 Å². The molecule has 2 aliphatic heterocycles. The van der Waals surface area contributed by atoms with Crippen molar-refractivity contribution in [2.45, 2.75) is 6.92 Å². The number of nitrogens with zero attached hydrogens (tertiary/aromatic N) is 7. The maximum Gasteiger partial charge on any atom is 0.330 e. The molecular formula is C27H30N8O4. The lowest BCUT2D eigenvalue weighted by Gasteiger charge is -2.33. The Balaban J connectivity index is 1.55. The van der Waals surface area contributed by atoms with Gasteiger partial charge in [-0.2, -0.15) is 10.1 Å². The molecule has 1 N–H and O–H groups in total. The summed E-state index contributed by atoms with van der Waals surface area (Å²) < 4.78 is 10.6. The third-order valence-corrected chi connectivity index (χ3v) is 6.00. The molecule has 2 aromatic carbocycles. The SMILES string of the molecule is CCOC(=O)C=Cc1cccc(-c2cnc(N(c3ccccc3)N3C=NN(OC)N3)nc2N2CCOCC2)c1. The number of anilines is 3. The molecule has 0 amide bonds. The Morgan fingerprint density at radius 1 is 1.15 bits per heavy atom.